The van der Waals surface area contributed by atoms with Crippen LogP contribution in [0.3, 0.4) is 0 Å². The van der Waals surface area contributed by atoms with E-state index in [1.54, 1.807) is 0 Å². The molecule has 1 aromatic carbocycles. The van der Waals surface area contributed by atoms with Crippen LogP contribution in [0.1, 0.15) is 12.6 Å². The fourth-order valence-electron chi connectivity index (χ4n) is 1.26. The Morgan fingerprint density at radius 3 is 2.75 bits per heavy atom. The third-order valence-corrected chi connectivity index (χ3v) is 2.13. The Bertz CT molecular complexity index is 395. The SMILES string of the molecule is CC(=S)c1cc2ccccc2[nH]1. The molecule has 0 aliphatic carbocycles. The standard InChI is InChI=1S/C10H9NS/c1-7(12)10-6-8-4-2-3-5-9(8)11-10/h2-6,11H,1H3. The molecule has 60 valence electrons. The van der Waals surface area contributed by atoms with Crippen molar-refractivity contribution in [1.29, 1.82) is 0 Å². The van der Waals surface area contributed by atoms with E-state index in [0.29, 0.717) is 0 Å². The first-order valence-corrected chi connectivity index (χ1v) is 4.27. The van der Waals surface area contributed by atoms with Crippen molar-refractivity contribution >= 4 is 28.0 Å². The molecule has 0 spiro atoms. The van der Waals surface area contributed by atoms with Gasteiger partial charge in [0.15, 0.2) is 0 Å². The normalized spacial score (nSPS) is 10.4. The minimum absolute atomic E-state index is 0.909. The molecule has 0 atom stereocenters. The Hall–Kier alpha value is -1.15. The van der Waals surface area contributed by atoms with E-state index in [0.717, 1.165) is 16.1 Å². The fraction of sp³-hybridized carbons (Fsp3) is 0.100. The number of nitrogens with one attached hydrogen (secondary N) is 1. The largest absolute Gasteiger partial charge is 0.354 e. The van der Waals surface area contributed by atoms with Crippen LogP contribution >= 0.6 is 12.2 Å². The van der Waals surface area contributed by atoms with Crippen molar-refractivity contribution in [3.05, 3.63) is 36.0 Å². The lowest BCUT2D eigenvalue weighted by molar-refractivity contribution is 1.43. The molecular formula is C10H9NS. The summed E-state index contributed by atoms with van der Waals surface area (Å²) in [6.45, 7) is 1.93. The molecule has 12 heavy (non-hydrogen) atoms. The van der Waals surface area contributed by atoms with Gasteiger partial charge in [0.05, 0.1) is 5.69 Å². The number of thiocarbonyl (C=S) groups is 1. The molecule has 0 saturated heterocycles. The molecule has 1 N–H and O–H groups in total. The Kier molecular flexibility index (Phi) is 1.70. The molecule has 1 heterocycles. The highest BCUT2D eigenvalue weighted by atomic mass is 32.1. The van der Waals surface area contributed by atoms with E-state index >= 15 is 0 Å². The minimum Gasteiger partial charge on any atom is -0.354 e. The Labute approximate surface area is 76.4 Å². The molecule has 0 saturated carbocycles. The van der Waals surface area contributed by atoms with Gasteiger partial charge in [-0.3, -0.25) is 0 Å². The summed E-state index contributed by atoms with van der Waals surface area (Å²) < 4.78 is 0. The van der Waals surface area contributed by atoms with E-state index in [1.165, 1.54) is 5.39 Å². The van der Waals surface area contributed by atoms with Crippen LogP contribution < -0.4 is 0 Å². The first-order chi connectivity index (χ1) is 5.77. The van der Waals surface area contributed by atoms with Gasteiger partial charge in [-0.2, -0.15) is 0 Å². The molecule has 1 aromatic heterocycles. The monoisotopic (exact) mass is 175 g/mol. The lowest BCUT2D eigenvalue weighted by atomic mass is 10.2. The van der Waals surface area contributed by atoms with Crippen LogP contribution in [0.5, 0.6) is 0 Å². The van der Waals surface area contributed by atoms with Gasteiger partial charge in [-0.15, -0.1) is 0 Å². The molecule has 2 heteroatoms. The summed E-state index contributed by atoms with van der Waals surface area (Å²) in [6.07, 6.45) is 0. The molecule has 0 bridgehead atoms. The summed E-state index contributed by atoms with van der Waals surface area (Å²) in [5.74, 6) is 0. The zero-order valence-electron chi connectivity index (χ0n) is 6.79. The summed E-state index contributed by atoms with van der Waals surface area (Å²) in [5.41, 5.74) is 2.20. The number of para-hydroxylation sites is 1. The van der Waals surface area contributed by atoms with Gasteiger partial charge in [0, 0.05) is 15.8 Å². The second-order valence-corrected chi connectivity index (χ2v) is 3.44. The summed E-state index contributed by atoms with van der Waals surface area (Å²) in [5, 5.41) is 1.22. The summed E-state index contributed by atoms with van der Waals surface area (Å²) >= 11 is 5.07. The zero-order chi connectivity index (χ0) is 8.55. The number of H-pyrrole nitrogens is 1. The average Bonchev–Trinajstić information content (AvgIpc) is 2.46. The summed E-state index contributed by atoms with van der Waals surface area (Å²) in [7, 11) is 0. The zero-order valence-corrected chi connectivity index (χ0v) is 7.61. The van der Waals surface area contributed by atoms with Crippen LogP contribution in [0, 0.1) is 0 Å². The van der Waals surface area contributed by atoms with Crippen LogP contribution in [0.4, 0.5) is 0 Å². The lowest BCUT2D eigenvalue weighted by Gasteiger charge is -1.87. The minimum atomic E-state index is 0.909. The van der Waals surface area contributed by atoms with Crippen LogP contribution in [-0.4, -0.2) is 9.85 Å². The highest BCUT2D eigenvalue weighted by Gasteiger charge is 1.99. The predicted molar refractivity (Wildman–Crippen MR) is 55.7 cm³/mol. The first-order valence-electron chi connectivity index (χ1n) is 3.86. The van der Waals surface area contributed by atoms with Gasteiger partial charge >= 0.3 is 0 Å². The topological polar surface area (TPSA) is 15.8 Å². The smallest absolute Gasteiger partial charge is 0.0530 e. The van der Waals surface area contributed by atoms with Gasteiger partial charge in [0.2, 0.25) is 0 Å². The molecule has 1 nitrogen and oxygen atoms in total. The highest BCUT2D eigenvalue weighted by molar-refractivity contribution is 7.80. The van der Waals surface area contributed by atoms with Gasteiger partial charge in [-0.05, 0) is 19.1 Å². The number of aromatic amines is 1. The van der Waals surface area contributed by atoms with Crippen LogP contribution in [0.2, 0.25) is 0 Å². The van der Waals surface area contributed by atoms with Crippen molar-refractivity contribution in [3.63, 3.8) is 0 Å². The molecule has 0 aliphatic heterocycles. The van der Waals surface area contributed by atoms with Gasteiger partial charge in [0.25, 0.3) is 0 Å². The quantitative estimate of drug-likeness (QED) is 0.520. The number of aromatic nitrogens is 1. The number of rotatable bonds is 1. The molecule has 2 rings (SSSR count). The van der Waals surface area contributed by atoms with E-state index in [9.17, 15) is 0 Å². The van der Waals surface area contributed by atoms with Crippen molar-refractivity contribution < 1.29 is 0 Å². The van der Waals surface area contributed by atoms with Gasteiger partial charge in [-0.25, -0.2) is 0 Å². The second-order valence-electron chi connectivity index (χ2n) is 2.83. The number of benzene rings is 1. The number of fused-ring (bicyclic) bond motifs is 1. The molecule has 0 aliphatic rings. The third-order valence-electron chi connectivity index (χ3n) is 1.91. The Morgan fingerprint density at radius 2 is 2.08 bits per heavy atom. The Morgan fingerprint density at radius 1 is 1.33 bits per heavy atom. The van der Waals surface area contributed by atoms with Crippen LogP contribution in [0.25, 0.3) is 10.9 Å². The van der Waals surface area contributed by atoms with Crippen molar-refractivity contribution in [2.24, 2.45) is 0 Å². The summed E-state index contributed by atoms with van der Waals surface area (Å²) in [4.78, 5) is 4.16. The van der Waals surface area contributed by atoms with Crippen LogP contribution in [-0.2, 0) is 0 Å². The molecule has 0 fully saturated rings. The number of hydrogen-bond donors (Lipinski definition) is 1. The van der Waals surface area contributed by atoms with Crippen molar-refractivity contribution in [2.75, 3.05) is 0 Å². The molecule has 2 aromatic rings. The second kappa shape index (κ2) is 2.72. The number of hydrogen-bond acceptors (Lipinski definition) is 1. The van der Waals surface area contributed by atoms with E-state index in [1.807, 2.05) is 19.1 Å². The predicted octanol–water partition coefficient (Wildman–Crippen LogP) is 2.91. The maximum atomic E-state index is 5.07. The van der Waals surface area contributed by atoms with Gasteiger partial charge in [-0.1, -0.05) is 30.4 Å². The Balaban J connectivity index is 2.70. The molecule has 0 unspecified atom stereocenters. The van der Waals surface area contributed by atoms with Crippen molar-refractivity contribution in [2.45, 2.75) is 6.92 Å². The van der Waals surface area contributed by atoms with E-state index in [-0.39, 0.29) is 0 Å². The lowest BCUT2D eigenvalue weighted by Crippen LogP contribution is -1.87. The van der Waals surface area contributed by atoms with E-state index in [2.05, 4.69) is 23.2 Å². The van der Waals surface area contributed by atoms with Crippen LogP contribution in [0.15, 0.2) is 30.3 Å². The van der Waals surface area contributed by atoms with E-state index in [4.69, 9.17) is 12.2 Å². The molecule has 0 radical (unpaired) electrons. The van der Waals surface area contributed by atoms with Gasteiger partial charge < -0.3 is 4.98 Å². The van der Waals surface area contributed by atoms with Gasteiger partial charge in [0.1, 0.15) is 0 Å². The van der Waals surface area contributed by atoms with E-state index < -0.39 is 0 Å². The molecule has 0 amide bonds. The molecular weight excluding hydrogens is 166 g/mol. The van der Waals surface area contributed by atoms with Crippen molar-refractivity contribution in [1.82, 2.24) is 4.98 Å². The first kappa shape index (κ1) is 7.50. The van der Waals surface area contributed by atoms with Crippen molar-refractivity contribution in [3.8, 4) is 0 Å². The summed E-state index contributed by atoms with van der Waals surface area (Å²) in [6, 6.07) is 10.3. The maximum absolute atomic E-state index is 5.07. The average molecular weight is 175 g/mol. The maximum Gasteiger partial charge on any atom is 0.0530 e. The fourth-order valence-corrected chi connectivity index (χ4v) is 1.37. The third kappa shape index (κ3) is 1.14. The highest BCUT2D eigenvalue weighted by Crippen LogP contribution is 2.14.